The van der Waals surface area contributed by atoms with E-state index in [-0.39, 0.29) is 12.4 Å². The van der Waals surface area contributed by atoms with E-state index in [4.69, 9.17) is 0 Å². The van der Waals surface area contributed by atoms with Crippen LogP contribution in [0.15, 0.2) is 0 Å². The van der Waals surface area contributed by atoms with E-state index in [2.05, 4.69) is 25.7 Å². The molecule has 0 atom stereocenters. The maximum absolute atomic E-state index is 4.16. The molecule has 1 N–H and O–H groups in total. The van der Waals surface area contributed by atoms with Gasteiger partial charge < -0.3 is 5.32 Å². The summed E-state index contributed by atoms with van der Waals surface area (Å²) >= 11 is 0. The first kappa shape index (κ1) is 13.7. The Labute approximate surface area is 114 Å². The minimum absolute atomic E-state index is 0. The van der Waals surface area contributed by atoms with Gasteiger partial charge in [-0.25, -0.2) is 4.68 Å². The molecule has 6 nitrogen and oxygen atoms in total. The average Bonchev–Trinajstić information content (AvgIpc) is 3.11. The number of hydrogen-bond donors (Lipinski definition) is 1. The van der Waals surface area contributed by atoms with Gasteiger partial charge in [-0.1, -0.05) is 0 Å². The van der Waals surface area contributed by atoms with Crippen molar-refractivity contribution in [3.8, 4) is 0 Å². The van der Waals surface area contributed by atoms with Crippen molar-refractivity contribution in [2.45, 2.75) is 44.3 Å². The number of hydrogen-bond acceptors (Lipinski definition) is 5. The molecule has 0 unspecified atom stereocenters. The van der Waals surface area contributed by atoms with Gasteiger partial charge in [0.2, 0.25) is 0 Å². The smallest absolute Gasteiger partial charge is 0.165 e. The second kappa shape index (κ2) is 5.95. The maximum atomic E-state index is 4.16. The molecule has 0 amide bonds. The third-order valence-corrected chi connectivity index (χ3v) is 3.81. The third-order valence-electron chi connectivity index (χ3n) is 3.81. The average molecular weight is 273 g/mol. The van der Waals surface area contributed by atoms with Gasteiger partial charge in [0.25, 0.3) is 0 Å². The lowest BCUT2D eigenvalue weighted by Crippen LogP contribution is -2.41. The fourth-order valence-corrected chi connectivity index (χ4v) is 2.50. The fourth-order valence-electron chi connectivity index (χ4n) is 2.50. The van der Waals surface area contributed by atoms with E-state index in [1.165, 1.54) is 25.7 Å². The van der Waals surface area contributed by atoms with Gasteiger partial charge in [0.15, 0.2) is 5.82 Å². The summed E-state index contributed by atoms with van der Waals surface area (Å²) in [6.45, 7) is 3.19. The highest BCUT2D eigenvalue weighted by Gasteiger charge is 2.28. The molecule has 0 aromatic carbocycles. The van der Waals surface area contributed by atoms with Crippen molar-refractivity contribution in [2.24, 2.45) is 0 Å². The zero-order chi connectivity index (χ0) is 11.7. The molecule has 2 fully saturated rings. The third kappa shape index (κ3) is 2.99. The van der Waals surface area contributed by atoms with E-state index in [9.17, 15) is 0 Å². The largest absolute Gasteiger partial charge is 0.317 e. The fraction of sp³-hybridized carbons (Fsp3) is 0.909. The van der Waals surface area contributed by atoms with Crippen LogP contribution in [-0.2, 0) is 6.54 Å². The molecule has 2 aliphatic rings. The Morgan fingerprint density at radius 2 is 1.94 bits per heavy atom. The molecular weight excluding hydrogens is 252 g/mol. The van der Waals surface area contributed by atoms with Gasteiger partial charge in [0, 0.05) is 19.1 Å². The summed E-state index contributed by atoms with van der Waals surface area (Å²) in [5, 5.41) is 15.4. The van der Waals surface area contributed by atoms with Gasteiger partial charge in [-0.15, -0.1) is 17.5 Å². The van der Waals surface area contributed by atoms with Crippen LogP contribution < -0.4 is 5.32 Å². The number of aromatic nitrogens is 4. The van der Waals surface area contributed by atoms with Crippen molar-refractivity contribution in [1.82, 2.24) is 30.4 Å². The lowest BCUT2D eigenvalue weighted by atomic mass is 10.1. The molecule has 0 bridgehead atoms. The maximum Gasteiger partial charge on any atom is 0.165 e. The Morgan fingerprint density at radius 3 is 2.56 bits per heavy atom. The molecule has 102 valence electrons. The SMILES string of the molecule is CNC1CCN(Cc2nnnn2C2CC2)CC1.Cl. The lowest BCUT2D eigenvalue weighted by Gasteiger charge is -2.31. The van der Waals surface area contributed by atoms with Gasteiger partial charge in [-0.05, 0) is 43.2 Å². The number of tetrazole rings is 1. The summed E-state index contributed by atoms with van der Waals surface area (Å²) in [5.74, 6) is 1.04. The highest BCUT2D eigenvalue weighted by atomic mass is 35.5. The van der Waals surface area contributed by atoms with Gasteiger partial charge in [0.05, 0.1) is 12.6 Å². The second-order valence-corrected chi connectivity index (χ2v) is 5.11. The molecule has 0 spiro atoms. The van der Waals surface area contributed by atoms with E-state index in [0.717, 1.165) is 25.5 Å². The van der Waals surface area contributed by atoms with Gasteiger partial charge in [0.1, 0.15) is 0 Å². The highest BCUT2D eigenvalue weighted by molar-refractivity contribution is 5.85. The van der Waals surface area contributed by atoms with Gasteiger partial charge >= 0.3 is 0 Å². The summed E-state index contributed by atoms with van der Waals surface area (Å²) < 4.78 is 2.02. The minimum Gasteiger partial charge on any atom is -0.317 e. The molecule has 1 saturated carbocycles. The van der Waals surface area contributed by atoms with E-state index < -0.39 is 0 Å². The molecular formula is C11H21ClN6. The predicted octanol–water partition coefficient (Wildman–Crippen LogP) is 0.614. The molecule has 3 rings (SSSR count). The number of nitrogens with zero attached hydrogens (tertiary/aromatic N) is 5. The van der Waals surface area contributed by atoms with Crippen LogP contribution in [0, 0.1) is 0 Å². The Morgan fingerprint density at radius 1 is 1.22 bits per heavy atom. The zero-order valence-corrected chi connectivity index (χ0v) is 11.6. The molecule has 2 heterocycles. The van der Waals surface area contributed by atoms with Crippen molar-refractivity contribution >= 4 is 12.4 Å². The van der Waals surface area contributed by atoms with Crippen LogP contribution in [0.1, 0.15) is 37.5 Å². The molecule has 1 aromatic heterocycles. The quantitative estimate of drug-likeness (QED) is 0.871. The van der Waals surface area contributed by atoms with Crippen LogP contribution in [0.3, 0.4) is 0 Å². The van der Waals surface area contributed by atoms with E-state index in [0.29, 0.717) is 12.1 Å². The summed E-state index contributed by atoms with van der Waals surface area (Å²) in [4.78, 5) is 2.46. The highest BCUT2D eigenvalue weighted by Crippen LogP contribution is 2.34. The van der Waals surface area contributed by atoms with Crippen molar-refractivity contribution in [2.75, 3.05) is 20.1 Å². The monoisotopic (exact) mass is 272 g/mol. The molecule has 1 aliphatic carbocycles. The van der Waals surface area contributed by atoms with Crippen molar-refractivity contribution in [1.29, 1.82) is 0 Å². The Bertz CT molecular complexity index is 369. The number of halogens is 1. The minimum atomic E-state index is 0. The number of piperidine rings is 1. The van der Waals surface area contributed by atoms with Crippen LogP contribution in [0.5, 0.6) is 0 Å². The number of likely N-dealkylation sites (tertiary alicyclic amines) is 1. The molecule has 0 radical (unpaired) electrons. The number of rotatable bonds is 4. The Kier molecular flexibility index (Phi) is 4.53. The van der Waals surface area contributed by atoms with Crippen LogP contribution in [-0.4, -0.2) is 51.3 Å². The van der Waals surface area contributed by atoms with Gasteiger partial charge in [-0.3, -0.25) is 4.90 Å². The Hall–Kier alpha value is -0.720. The van der Waals surface area contributed by atoms with Crippen LogP contribution in [0.2, 0.25) is 0 Å². The van der Waals surface area contributed by atoms with E-state index in [1.54, 1.807) is 0 Å². The lowest BCUT2D eigenvalue weighted by molar-refractivity contribution is 0.187. The molecule has 1 aromatic rings. The van der Waals surface area contributed by atoms with E-state index in [1.807, 2.05) is 11.7 Å². The molecule has 1 aliphatic heterocycles. The van der Waals surface area contributed by atoms with Crippen molar-refractivity contribution in [3.63, 3.8) is 0 Å². The predicted molar refractivity (Wildman–Crippen MR) is 70.7 cm³/mol. The topological polar surface area (TPSA) is 58.9 Å². The summed E-state index contributed by atoms with van der Waals surface area (Å²) in [5.41, 5.74) is 0. The van der Waals surface area contributed by atoms with Crippen LogP contribution in [0.4, 0.5) is 0 Å². The first-order valence-electron chi connectivity index (χ1n) is 6.53. The van der Waals surface area contributed by atoms with Crippen LogP contribution >= 0.6 is 12.4 Å². The normalized spacial score (nSPS) is 21.8. The summed E-state index contributed by atoms with van der Waals surface area (Å²) in [6, 6.07) is 1.26. The first-order chi connectivity index (χ1) is 8.36. The van der Waals surface area contributed by atoms with E-state index >= 15 is 0 Å². The van der Waals surface area contributed by atoms with Crippen LogP contribution in [0.25, 0.3) is 0 Å². The standard InChI is InChI=1S/C11H20N6.ClH/c1-12-9-4-6-16(7-5-9)8-11-13-14-15-17(11)10-2-3-10;/h9-10,12H,2-8H2,1H3;1H. The molecule has 1 saturated heterocycles. The Balaban J connectivity index is 0.00000120. The second-order valence-electron chi connectivity index (χ2n) is 5.11. The zero-order valence-electron chi connectivity index (χ0n) is 10.7. The first-order valence-corrected chi connectivity index (χ1v) is 6.53. The molecule has 18 heavy (non-hydrogen) atoms. The van der Waals surface area contributed by atoms with Crippen molar-refractivity contribution < 1.29 is 0 Å². The number of nitrogens with one attached hydrogen (secondary N) is 1. The van der Waals surface area contributed by atoms with Crippen molar-refractivity contribution in [3.05, 3.63) is 5.82 Å². The molecule has 7 heteroatoms. The summed E-state index contributed by atoms with van der Waals surface area (Å²) in [7, 11) is 2.05. The summed E-state index contributed by atoms with van der Waals surface area (Å²) in [6.07, 6.45) is 4.92. The van der Waals surface area contributed by atoms with Gasteiger partial charge in [-0.2, -0.15) is 0 Å².